The Morgan fingerprint density at radius 1 is 0.368 bits per heavy atom. The van der Waals surface area contributed by atoms with Gasteiger partial charge < -0.3 is 24.2 Å². The molecule has 3 atom stereocenters. The van der Waals surface area contributed by atoms with E-state index in [1.807, 2.05) is 0 Å². The molecular formula is C64H119O11P. The quantitative estimate of drug-likeness (QED) is 0.0197. The second-order valence-corrected chi connectivity index (χ2v) is 23.0. The third-order valence-corrected chi connectivity index (χ3v) is 15.0. The fraction of sp³-hybridized carbons (Fsp3) is 0.859. The zero-order valence-electron chi connectivity index (χ0n) is 49.5. The minimum atomic E-state index is -4.75. The van der Waals surface area contributed by atoms with Crippen molar-refractivity contribution in [2.45, 2.75) is 328 Å². The molecule has 2 N–H and O–H groups in total. The number of hydrogen-bond donors (Lipinski definition) is 2. The maximum atomic E-state index is 12.9. The number of esters is 3. The molecule has 0 fully saturated rings. The van der Waals surface area contributed by atoms with Crippen LogP contribution in [0, 0.1) is 0 Å². The van der Waals surface area contributed by atoms with E-state index in [4.69, 9.17) is 23.3 Å². The van der Waals surface area contributed by atoms with Crippen LogP contribution in [0.3, 0.4) is 0 Å². The number of phosphoric ester groups is 1. The molecule has 0 aromatic rings. The number of rotatable bonds is 60. The van der Waals surface area contributed by atoms with E-state index in [0.717, 1.165) is 83.5 Å². The van der Waals surface area contributed by atoms with Crippen molar-refractivity contribution >= 4 is 25.7 Å². The zero-order valence-corrected chi connectivity index (χ0v) is 50.4. The predicted octanol–water partition coefficient (Wildman–Crippen LogP) is 19.2. The lowest BCUT2D eigenvalue weighted by molar-refractivity contribution is -0.161. The summed E-state index contributed by atoms with van der Waals surface area (Å²) in [4.78, 5) is 48.7. The number of aliphatic hydroxyl groups excluding tert-OH is 1. The molecule has 0 aliphatic heterocycles. The van der Waals surface area contributed by atoms with Gasteiger partial charge in [0.1, 0.15) is 12.7 Å². The summed E-state index contributed by atoms with van der Waals surface area (Å²) in [5.74, 6) is -1.45. The van der Waals surface area contributed by atoms with Crippen molar-refractivity contribution < 1.29 is 52.2 Å². The summed E-state index contributed by atoms with van der Waals surface area (Å²) < 4.78 is 39.7. The van der Waals surface area contributed by atoms with Crippen LogP contribution in [0.5, 0.6) is 0 Å². The van der Waals surface area contributed by atoms with Crippen LogP contribution in [-0.2, 0) is 42.2 Å². The highest BCUT2D eigenvalue weighted by Gasteiger charge is 2.28. The average Bonchev–Trinajstić information content (AvgIpc) is 3.41. The predicted molar refractivity (Wildman–Crippen MR) is 316 cm³/mol. The summed E-state index contributed by atoms with van der Waals surface area (Å²) in [6.07, 6.45) is 62.3. The number of phosphoric acid groups is 1. The molecule has 0 amide bonds. The molecule has 0 spiro atoms. The van der Waals surface area contributed by atoms with Crippen LogP contribution in [-0.4, -0.2) is 66.5 Å². The number of allylic oxidation sites excluding steroid dienone is 6. The second kappa shape index (κ2) is 58.8. The van der Waals surface area contributed by atoms with E-state index in [2.05, 4.69) is 57.2 Å². The van der Waals surface area contributed by atoms with Crippen LogP contribution < -0.4 is 0 Å². The third-order valence-electron chi connectivity index (χ3n) is 14.0. The molecule has 0 radical (unpaired) electrons. The Labute approximate surface area is 467 Å². The van der Waals surface area contributed by atoms with E-state index in [-0.39, 0.29) is 25.9 Å². The zero-order chi connectivity index (χ0) is 55.5. The van der Waals surface area contributed by atoms with E-state index in [0.29, 0.717) is 19.3 Å². The van der Waals surface area contributed by atoms with Gasteiger partial charge in [0, 0.05) is 19.3 Å². The summed E-state index contributed by atoms with van der Waals surface area (Å²) in [5.41, 5.74) is 0. The Kier molecular flexibility index (Phi) is 57.1. The minimum absolute atomic E-state index is 0.162. The molecule has 0 rings (SSSR count). The summed E-state index contributed by atoms with van der Waals surface area (Å²) >= 11 is 0. The number of carbonyl (C=O) groups excluding carboxylic acids is 3. The van der Waals surface area contributed by atoms with Crippen molar-refractivity contribution in [2.75, 3.05) is 26.4 Å². The highest BCUT2D eigenvalue weighted by atomic mass is 31.2. The van der Waals surface area contributed by atoms with E-state index < -0.39 is 57.8 Å². The van der Waals surface area contributed by atoms with Gasteiger partial charge >= 0.3 is 25.7 Å². The van der Waals surface area contributed by atoms with Gasteiger partial charge in [-0.15, -0.1) is 0 Å². The van der Waals surface area contributed by atoms with Crippen LogP contribution in [0.2, 0.25) is 0 Å². The summed E-state index contributed by atoms with van der Waals surface area (Å²) in [5, 5.41) is 9.85. The van der Waals surface area contributed by atoms with Gasteiger partial charge in [0.05, 0.1) is 19.8 Å². The van der Waals surface area contributed by atoms with Crippen molar-refractivity contribution in [1.29, 1.82) is 0 Å². The SMILES string of the molecule is CCCCC/C=C\C/C=C\CCCCCCCCCC(=O)OC(COC(=O)CCCCCCCCCCCCCCCCC)COP(=O)(O)OCC(CO)OC(=O)CCCCCCCCC/C=C\CCCCCCCC. The fourth-order valence-corrected chi connectivity index (χ4v) is 9.93. The lowest BCUT2D eigenvalue weighted by Gasteiger charge is -2.21. The first kappa shape index (κ1) is 73.7. The van der Waals surface area contributed by atoms with Gasteiger partial charge in [0.2, 0.25) is 0 Å². The maximum Gasteiger partial charge on any atom is 0.472 e. The molecule has 446 valence electrons. The number of hydrogen-bond acceptors (Lipinski definition) is 10. The first-order valence-corrected chi connectivity index (χ1v) is 33.4. The Balaban J connectivity index is 4.67. The number of aliphatic hydroxyl groups is 1. The van der Waals surface area contributed by atoms with Crippen LogP contribution in [0.1, 0.15) is 316 Å². The van der Waals surface area contributed by atoms with Crippen LogP contribution in [0.25, 0.3) is 0 Å². The lowest BCUT2D eigenvalue weighted by atomic mass is 10.0. The maximum absolute atomic E-state index is 12.9. The van der Waals surface area contributed by atoms with Crippen molar-refractivity contribution in [2.24, 2.45) is 0 Å². The van der Waals surface area contributed by atoms with Crippen LogP contribution in [0.15, 0.2) is 36.5 Å². The molecule has 76 heavy (non-hydrogen) atoms. The van der Waals surface area contributed by atoms with Gasteiger partial charge in [0.25, 0.3) is 0 Å². The van der Waals surface area contributed by atoms with E-state index in [9.17, 15) is 28.9 Å². The summed E-state index contributed by atoms with van der Waals surface area (Å²) in [6, 6.07) is 0. The van der Waals surface area contributed by atoms with E-state index >= 15 is 0 Å². The van der Waals surface area contributed by atoms with Crippen LogP contribution in [0.4, 0.5) is 0 Å². The smallest absolute Gasteiger partial charge is 0.462 e. The Hall–Kier alpha value is -2.30. The van der Waals surface area contributed by atoms with Crippen LogP contribution >= 0.6 is 7.82 Å². The van der Waals surface area contributed by atoms with E-state index in [1.165, 1.54) is 173 Å². The second-order valence-electron chi connectivity index (χ2n) is 21.6. The molecule has 0 aliphatic carbocycles. The molecule has 0 saturated carbocycles. The first-order chi connectivity index (χ1) is 37.2. The normalized spacial score (nSPS) is 13.5. The largest absolute Gasteiger partial charge is 0.472 e. The molecule has 0 bridgehead atoms. The van der Waals surface area contributed by atoms with Gasteiger partial charge in [-0.1, -0.05) is 256 Å². The molecule has 3 unspecified atom stereocenters. The summed E-state index contributed by atoms with van der Waals surface area (Å²) in [7, 11) is -4.75. The van der Waals surface area contributed by atoms with E-state index in [1.54, 1.807) is 0 Å². The van der Waals surface area contributed by atoms with Gasteiger partial charge in [0.15, 0.2) is 6.10 Å². The Morgan fingerprint density at radius 3 is 1.01 bits per heavy atom. The van der Waals surface area contributed by atoms with Gasteiger partial charge in [-0.2, -0.15) is 0 Å². The van der Waals surface area contributed by atoms with Crippen molar-refractivity contribution in [3.8, 4) is 0 Å². The van der Waals surface area contributed by atoms with Crippen molar-refractivity contribution in [1.82, 2.24) is 0 Å². The lowest BCUT2D eigenvalue weighted by Crippen LogP contribution is -2.30. The molecule has 0 aromatic carbocycles. The molecule has 0 aliphatic rings. The van der Waals surface area contributed by atoms with Gasteiger partial charge in [-0.25, -0.2) is 4.57 Å². The topological polar surface area (TPSA) is 155 Å². The molecule has 12 heteroatoms. The van der Waals surface area contributed by atoms with Gasteiger partial charge in [-0.05, 0) is 77.0 Å². The molecule has 0 saturated heterocycles. The minimum Gasteiger partial charge on any atom is -0.462 e. The molecular weight excluding hydrogens is 976 g/mol. The average molecular weight is 1100 g/mol. The standard InChI is InChI=1S/C64H119O11P/c1-4-7-10-13-16-19-22-25-28-30-33-36-39-42-45-48-51-54-63(67)74-60(56-65)58-72-76(69,70)73-59-61(57-71-62(66)53-50-47-44-41-38-35-32-27-24-21-18-15-12-9-6-3)75-64(68)55-52-49-46-43-40-37-34-31-29-26-23-20-17-14-11-8-5-2/h17,20,25-26,28-29,60-61,65H,4-16,18-19,21-24,27,30-59H2,1-3H3,(H,69,70)/b20-17-,28-25-,29-26-. The fourth-order valence-electron chi connectivity index (χ4n) is 9.15. The Bertz CT molecular complexity index is 1420. The Morgan fingerprint density at radius 2 is 0.645 bits per heavy atom. The first-order valence-electron chi connectivity index (χ1n) is 31.9. The number of carbonyl (C=O) groups is 3. The number of ether oxygens (including phenoxy) is 3. The highest BCUT2D eigenvalue weighted by molar-refractivity contribution is 7.47. The third kappa shape index (κ3) is 56.4. The van der Waals surface area contributed by atoms with Gasteiger partial charge in [-0.3, -0.25) is 23.4 Å². The van der Waals surface area contributed by atoms with Crippen molar-refractivity contribution in [3.05, 3.63) is 36.5 Å². The number of unbranched alkanes of at least 4 members (excludes halogenated alkanes) is 37. The molecule has 11 nitrogen and oxygen atoms in total. The highest BCUT2D eigenvalue weighted by Crippen LogP contribution is 2.43. The summed E-state index contributed by atoms with van der Waals surface area (Å²) in [6.45, 7) is 4.67. The molecule has 0 heterocycles. The van der Waals surface area contributed by atoms with Crippen molar-refractivity contribution in [3.63, 3.8) is 0 Å². The molecule has 0 aromatic heterocycles. The monoisotopic (exact) mass is 1090 g/mol.